The van der Waals surface area contributed by atoms with Crippen molar-refractivity contribution < 1.29 is 19.0 Å². The minimum atomic E-state index is -0.442. The van der Waals surface area contributed by atoms with E-state index in [2.05, 4.69) is 9.72 Å². The zero-order valence-electron chi connectivity index (χ0n) is 9.72. The standard InChI is InChI=1S/C12H15NO4/c1-15-12(14)11-3-2-10(8-13-11)17-9-4-6-16-7-5-9/h2-3,8-9H,4-7H2,1H3. The first kappa shape index (κ1) is 11.9. The predicted octanol–water partition coefficient (Wildman–Crippen LogP) is 1.43. The Morgan fingerprint density at radius 1 is 1.41 bits per heavy atom. The molecule has 1 aliphatic heterocycles. The summed E-state index contributed by atoms with van der Waals surface area (Å²) in [5.74, 6) is 0.229. The van der Waals surface area contributed by atoms with Crippen LogP contribution in [0.3, 0.4) is 0 Å². The Morgan fingerprint density at radius 2 is 2.18 bits per heavy atom. The van der Waals surface area contributed by atoms with Crippen molar-refractivity contribution in [1.82, 2.24) is 4.98 Å². The van der Waals surface area contributed by atoms with Crippen LogP contribution in [0.25, 0.3) is 0 Å². The lowest BCUT2D eigenvalue weighted by Gasteiger charge is -2.23. The SMILES string of the molecule is COC(=O)c1ccc(OC2CCOCC2)cn1. The second-order valence-electron chi connectivity index (χ2n) is 3.80. The molecule has 5 heteroatoms. The van der Waals surface area contributed by atoms with E-state index >= 15 is 0 Å². The van der Waals surface area contributed by atoms with E-state index in [0.717, 1.165) is 26.1 Å². The minimum absolute atomic E-state index is 0.175. The Bertz CT molecular complexity index is 371. The van der Waals surface area contributed by atoms with Gasteiger partial charge < -0.3 is 14.2 Å². The summed E-state index contributed by atoms with van der Waals surface area (Å²) in [6.07, 6.45) is 3.49. The van der Waals surface area contributed by atoms with Crippen LogP contribution in [0.5, 0.6) is 5.75 Å². The van der Waals surface area contributed by atoms with E-state index < -0.39 is 5.97 Å². The molecule has 2 heterocycles. The van der Waals surface area contributed by atoms with E-state index in [1.807, 2.05) is 0 Å². The van der Waals surface area contributed by atoms with Crippen molar-refractivity contribution in [2.24, 2.45) is 0 Å². The lowest BCUT2D eigenvalue weighted by molar-refractivity contribution is 0.0254. The molecule has 0 bridgehead atoms. The maximum absolute atomic E-state index is 11.2. The molecule has 0 unspecified atom stereocenters. The van der Waals surface area contributed by atoms with E-state index in [1.165, 1.54) is 7.11 Å². The molecule has 0 amide bonds. The zero-order chi connectivity index (χ0) is 12.1. The zero-order valence-corrected chi connectivity index (χ0v) is 9.72. The highest BCUT2D eigenvalue weighted by molar-refractivity contribution is 5.87. The average molecular weight is 237 g/mol. The number of hydrogen-bond donors (Lipinski definition) is 0. The molecule has 5 nitrogen and oxygen atoms in total. The quantitative estimate of drug-likeness (QED) is 0.744. The van der Waals surface area contributed by atoms with Crippen LogP contribution in [0.1, 0.15) is 23.3 Å². The summed E-state index contributed by atoms with van der Waals surface area (Å²) in [5, 5.41) is 0. The Balaban J connectivity index is 1.95. The fraction of sp³-hybridized carbons (Fsp3) is 0.500. The molecule has 0 spiro atoms. The molecule has 0 atom stereocenters. The Hall–Kier alpha value is -1.62. The molecule has 1 fully saturated rings. The topological polar surface area (TPSA) is 57.7 Å². The largest absolute Gasteiger partial charge is 0.489 e. The second-order valence-corrected chi connectivity index (χ2v) is 3.80. The third-order valence-electron chi connectivity index (χ3n) is 2.60. The van der Waals surface area contributed by atoms with Crippen LogP contribution < -0.4 is 4.74 Å². The highest BCUT2D eigenvalue weighted by Gasteiger charge is 2.15. The van der Waals surface area contributed by atoms with E-state index in [-0.39, 0.29) is 11.8 Å². The van der Waals surface area contributed by atoms with Crippen LogP contribution >= 0.6 is 0 Å². The van der Waals surface area contributed by atoms with Gasteiger partial charge in [0.1, 0.15) is 17.5 Å². The number of rotatable bonds is 3. The van der Waals surface area contributed by atoms with Crippen molar-refractivity contribution >= 4 is 5.97 Å². The number of methoxy groups -OCH3 is 1. The predicted molar refractivity (Wildman–Crippen MR) is 60.0 cm³/mol. The van der Waals surface area contributed by atoms with Gasteiger partial charge in [-0.25, -0.2) is 9.78 Å². The summed E-state index contributed by atoms with van der Waals surface area (Å²) < 4.78 is 15.5. The molecule has 92 valence electrons. The Labute approximate surface area is 99.7 Å². The summed E-state index contributed by atoms with van der Waals surface area (Å²) in [6.45, 7) is 1.47. The molecule has 0 aliphatic carbocycles. The van der Waals surface area contributed by atoms with Gasteiger partial charge in [-0.2, -0.15) is 0 Å². The molecule has 0 N–H and O–H groups in total. The third kappa shape index (κ3) is 3.17. The van der Waals surface area contributed by atoms with Crippen LogP contribution in [-0.2, 0) is 9.47 Å². The van der Waals surface area contributed by atoms with E-state index in [0.29, 0.717) is 5.75 Å². The molecular formula is C12H15NO4. The van der Waals surface area contributed by atoms with Crippen molar-refractivity contribution in [1.29, 1.82) is 0 Å². The van der Waals surface area contributed by atoms with Gasteiger partial charge in [0, 0.05) is 12.8 Å². The van der Waals surface area contributed by atoms with Crippen LogP contribution in [-0.4, -0.2) is 37.4 Å². The first-order valence-corrected chi connectivity index (χ1v) is 5.58. The third-order valence-corrected chi connectivity index (χ3v) is 2.60. The molecule has 17 heavy (non-hydrogen) atoms. The number of aromatic nitrogens is 1. The van der Waals surface area contributed by atoms with Gasteiger partial charge in [0.15, 0.2) is 0 Å². The average Bonchev–Trinajstić information content (AvgIpc) is 2.40. The van der Waals surface area contributed by atoms with Crippen molar-refractivity contribution in [2.75, 3.05) is 20.3 Å². The van der Waals surface area contributed by atoms with Crippen molar-refractivity contribution in [2.45, 2.75) is 18.9 Å². The number of carbonyl (C=O) groups is 1. The first-order valence-electron chi connectivity index (χ1n) is 5.58. The highest BCUT2D eigenvalue weighted by Crippen LogP contribution is 2.17. The molecule has 2 rings (SSSR count). The van der Waals surface area contributed by atoms with Crippen molar-refractivity contribution in [3.05, 3.63) is 24.0 Å². The van der Waals surface area contributed by atoms with Crippen LogP contribution in [0.15, 0.2) is 18.3 Å². The summed E-state index contributed by atoms with van der Waals surface area (Å²) in [4.78, 5) is 15.2. The molecule has 1 saturated heterocycles. The van der Waals surface area contributed by atoms with Gasteiger partial charge in [-0.05, 0) is 12.1 Å². The van der Waals surface area contributed by atoms with E-state index in [4.69, 9.17) is 9.47 Å². The van der Waals surface area contributed by atoms with Crippen LogP contribution in [0.4, 0.5) is 0 Å². The van der Waals surface area contributed by atoms with Gasteiger partial charge in [0.2, 0.25) is 0 Å². The summed E-state index contributed by atoms with van der Waals surface area (Å²) in [6, 6.07) is 3.33. The minimum Gasteiger partial charge on any atom is -0.489 e. The molecule has 1 aliphatic rings. The maximum atomic E-state index is 11.2. The normalized spacial score (nSPS) is 16.5. The van der Waals surface area contributed by atoms with Gasteiger partial charge in [0.25, 0.3) is 0 Å². The summed E-state index contributed by atoms with van der Waals surface area (Å²) in [5.41, 5.74) is 0.284. The fourth-order valence-corrected chi connectivity index (χ4v) is 1.66. The van der Waals surface area contributed by atoms with Crippen molar-refractivity contribution in [3.63, 3.8) is 0 Å². The second kappa shape index (κ2) is 5.63. The van der Waals surface area contributed by atoms with Gasteiger partial charge in [0.05, 0.1) is 26.5 Å². The number of pyridine rings is 1. The molecule has 0 saturated carbocycles. The lowest BCUT2D eigenvalue weighted by Crippen LogP contribution is -2.25. The lowest BCUT2D eigenvalue weighted by atomic mass is 10.1. The highest BCUT2D eigenvalue weighted by atomic mass is 16.5. The molecule has 1 aromatic heterocycles. The molecule has 0 radical (unpaired) electrons. The monoisotopic (exact) mass is 237 g/mol. The number of esters is 1. The van der Waals surface area contributed by atoms with E-state index in [1.54, 1.807) is 18.3 Å². The maximum Gasteiger partial charge on any atom is 0.356 e. The van der Waals surface area contributed by atoms with Crippen LogP contribution in [0.2, 0.25) is 0 Å². The molecule has 1 aromatic rings. The van der Waals surface area contributed by atoms with E-state index in [9.17, 15) is 4.79 Å². The van der Waals surface area contributed by atoms with Gasteiger partial charge >= 0.3 is 5.97 Å². The number of hydrogen-bond acceptors (Lipinski definition) is 5. The Kier molecular flexibility index (Phi) is 3.93. The first-order chi connectivity index (χ1) is 8.29. The Morgan fingerprint density at radius 3 is 2.76 bits per heavy atom. The fourth-order valence-electron chi connectivity index (χ4n) is 1.66. The number of carbonyl (C=O) groups excluding carboxylic acids is 1. The number of ether oxygens (including phenoxy) is 3. The number of nitrogens with zero attached hydrogens (tertiary/aromatic N) is 1. The molecule has 0 aromatic carbocycles. The molecular weight excluding hydrogens is 222 g/mol. The smallest absolute Gasteiger partial charge is 0.356 e. The van der Waals surface area contributed by atoms with Crippen molar-refractivity contribution in [3.8, 4) is 5.75 Å². The van der Waals surface area contributed by atoms with Crippen LogP contribution in [0, 0.1) is 0 Å². The van der Waals surface area contributed by atoms with Gasteiger partial charge in [-0.3, -0.25) is 0 Å². The van der Waals surface area contributed by atoms with Gasteiger partial charge in [-0.1, -0.05) is 0 Å². The summed E-state index contributed by atoms with van der Waals surface area (Å²) >= 11 is 0. The summed E-state index contributed by atoms with van der Waals surface area (Å²) in [7, 11) is 1.33. The van der Waals surface area contributed by atoms with Gasteiger partial charge in [-0.15, -0.1) is 0 Å².